The molecule has 2 aliphatic rings. The Bertz CT molecular complexity index is 719. The van der Waals surface area contributed by atoms with Crippen LogP contribution in [0, 0.1) is 11.8 Å². The lowest BCUT2D eigenvalue weighted by Crippen LogP contribution is -2.47. The van der Waals surface area contributed by atoms with Gasteiger partial charge in [0.05, 0.1) is 14.2 Å². The first-order chi connectivity index (χ1) is 13.2. The van der Waals surface area contributed by atoms with Crippen molar-refractivity contribution in [2.24, 2.45) is 11.8 Å². The monoisotopic (exact) mass is 365 g/mol. The van der Waals surface area contributed by atoms with Gasteiger partial charge < -0.3 is 14.8 Å². The smallest absolute Gasteiger partial charge is 0.142 e. The van der Waals surface area contributed by atoms with Gasteiger partial charge in [-0.05, 0) is 48.2 Å². The summed E-state index contributed by atoms with van der Waals surface area (Å²) in [4.78, 5) is 13.4. The second-order valence-electron chi connectivity index (χ2n) is 7.57. The molecule has 0 radical (unpaired) electrons. The summed E-state index contributed by atoms with van der Waals surface area (Å²) in [6.45, 7) is 0. The number of hydrogen-bond donors (Lipinski definition) is 1. The SMILES string of the molecule is COc1ccc([C@H]2N[C@H](c3ccc(OC)cc3)[C@H]3CCCC[C@H]2C3=O)cc1. The highest BCUT2D eigenvalue weighted by molar-refractivity contribution is 5.86. The van der Waals surface area contributed by atoms with Gasteiger partial charge in [-0.1, -0.05) is 37.1 Å². The highest BCUT2D eigenvalue weighted by Gasteiger charge is 2.45. The van der Waals surface area contributed by atoms with Gasteiger partial charge in [0.1, 0.15) is 17.3 Å². The molecule has 2 fully saturated rings. The molecule has 1 N–H and O–H groups in total. The molecule has 0 amide bonds. The number of carbonyl (C=O) groups is 1. The van der Waals surface area contributed by atoms with Crippen molar-refractivity contribution in [3.8, 4) is 11.5 Å². The third kappa shape index (κ3) is 3.46. The average Bonchev–Trinajstić information content (AvgIpc) is 2.84. The Morgan fingerprint density at radius 3 is 1.52 bits per heavy atom. The summed E-state index contributed by atoms with van der Waals surface area (Å²) < 4.78 is 10.6. The Hall–Kier alpha value is -2.33. The summed E-state index contributed by atoms with van der Waals surface area (Å²) in [5.41, 5.74) is 2.32. The molecule has 1 heterocycles. The number of Topliss-reactive ketones (excluding diaryl/α,β-unsaturated/α-hetero) is 1. The van der Waals surface area contributed by atoms with Crippen molar-refractivity contribution in [1.82, 2.24) is 5.32 Å². The van der Waals surface area contributed by atoms with Crippen LogP contribution in [0.3, 0.4) is 0 Å². The van der Waals surface area contributed by atoms with Crippen LogP contribution < -0.4 is 14.8 Å². The van der Waals surface area contributed by atoms with E-state index in [9.17, 15) is 4.79 Å². The Balaban J connectivity index is 1.69. The molecule has 1 saturated heterocycles. The third-order valence-corrected chi connectivity index (χ3v) is 6.12. The molecular formula is C23H27NO3. The number of fused-ring (bicyclic) bond motifs is 2. The summed E-state index contributed by atoms with van der Waals surface area (Å²) in [6.07, 6.45) is 4.18. The minimum atomic E-state index is 0.0462. The maximum absolute atomic E-state index is 13.4. The first-order valence-electron chi connectivity index (χ1n) is 9.79. The minimum absolute atomic E-state index is 0.0462. The zero-order valence-electron chi connectivity index (χ0n) is 16.0. The maximum atomic E-state index is 13.4. The zero-order valence-corrected chi connectivity index (χ0v) is 16.0. The van der Waals surface area contributed by atoms with Crippen LogP contribution in [0.15, 0.2) is 48.5 Å². The normalized spacial score (nSPS) is 27.7. The highest BCUT2D eigenvalue weighted by Crippen LogP contribution is 2.44. The molecule has 4 heteroatoms. The predicted octanol–water partition coefficient (Wildman–Crippen LogP) is 4.46. The van der Waals surface area contributed by atoms with Crippen LogP contribution in [0.4, 0.5) is 0 Å². The zero-order chi connectivity index (χ0) is 18.8. The van der Waals surface area contributed by atoms with E-state index in [4.69, 9.17) is 9.47 Å². The van der Waals surface area contributed by atoms with E-state index in [0.29, 0.717) is 5.78 Å². The van der Waals surface area contributed by atoms with Gasteiger partial charge in [-0.25, -0.2) is 0 Å². The molecule has 2 aromatic carbocycles. The van der Waals surface area contributed by atoms with Gasteiger partial charge in [-0.3, -0.25) is 4.79 Å². The molecule has 27 heavy (non-hydrogen) atoms. The second-order valence-corrected chi connectivity index (χ2v) is 7.57. The molecule has 0 spiro atoms. The Morgan fingerprint density at radius 1 is 0.741 bits per heavy atom. The fourth-order valence-electron chi connectivity index (χ4n) is 4.66. The van der Waals surface area contributed by atoms with Crippen LogP contribution in [0.25, 0.3) is 0 Å². The number of benzene rings is 2. The van der Waals surface area contributed by atoms with E-state index in [1.807, 2.05) is 24.3 Å². The van der Waals surface area contributed by atoms with E-state index in [1.165, 1.54) is 0 Å². The lowest BCUT2D eigenvalue weighted by Gasteiger charge is -2.41. The van der Waals surface area contributed by atoms with Crippen LogP contribution in [0.2, 0.25) is 0 Å². The maximum Gasteiger partial charge on any atom is 0.142 e. The molecule has 4 nitrogen and oxygen atoms in total. The molecule has 4 rings (SSSR count). The number of hydrogen-bond acceptors (Lipinski definition) is 4. The number of methoxy groups -OCH3 is 2. The van der Waals surface area contributed by atoms with Crippen LogP contribution in [-0.4, -0.2) is 20.0 Å². The fourth-order valence-corrected chi connectivity index (χ4v) is 4.66. The number of ether oxygens (including phenoxy) is 2. The molecule has 1 aliphatic heterocycles. The van der Waals surface area contributed by atoms with E-state index in [1.54, 1.807) is 14.2 Å². The molecule has 4 atom stereocenters. The Labute approximate surface area is 160 Å². The topological polar surface area (TPSA) is 47.6 Å². The van der Waals surface area contributed by atoms with Gasteiger partial charge in [0.25, 0.3) is 0 Å². The molecule has 0 aromatic heterocycles. The fraction of sp³-hybridized carbons (Fsp3) is 0.435. The van der Waals surface area contributed by atoms with E-state index in [0.717, 1.165) is 48.3 Å². The number of carbonyl (C=O) groups excluding carboxylic acids is 1. The quantitative estimate of drug-likeness (QED) is 0.869. The molecule has 1 aliphatic carbocycles. The summed E-state index contributed by atoms with van der Waals surface area (Å²) in [5.74, 6) is 2.21. The Kier molecular flexibility index (Phi) is 5.17. The lowest BCUT2D eigenvalue weighted by molar-refractivity contribution is -0.131. The molecular weight excluding hydrogens is 338 g/mol. The number of ketones is 1. The van der Waals surface area contributed by atoms with E-state index >= 15 is 0 Å². The van der Waals surface area contributed by atoms with Crippen LogP contribution >= 0.6 is 0 Å². The van der Waals surface area contributed by atoms with Crippen LogP contribution in [-0.2, 0) is 4.79 Å². The summed E-state index contributed by atoms with van der Waals surface area (Å²) >= 11 is 0. The molecule has 0 unspecified atom stereocenters. The van der Waals surface area contributed by atoms with Crippen molar-refractivity contribution in [3.63, 3.8) is 0 Å². The van der Waals surface area contributed by atoms with E-state index < -0.39 is 0 Å². The van der Waals surface area contributed by atoms with Gasteiger partial charge in [0.15, 0.2) is 0 Å². The standard InChI is InChI=1S/C23H27NO3/c1-26-17-11-7-15(8-12-17)21-19-5-3-4-6-20(23(19)25)22(24-21)16-9-13-18(27-2)14-10-16/h7-14,19-22,24H,3-6H2,1-2H3/t19-,20-,21-,22-/m1/s1. The van der Waals surface area contributed by atoms with Crippen LogP contribution in [0.1, 0.15) is 48.9 Å². The lowest BCUT2D eigenvalue weighted by atomic mass is 9.74. The van der Waals surface area contributed by atoms with Crippen molar-refractivity contribution >= 4 is 5.78 Å². The van der Waals surface area contributed by atoms with Gasteiger partial charge in [-0.2, -0.15) is 0 Å². The van der Waals surface area contributed by atoms with Crippen molar-refractivity contribution in [1.29, 1.82) is 0 Å². The van der Waals surface area contributed by atoms with Crippen LogP contribution in [0.5, 0.6) is 11.5 Å². The van der Waals surface area contributed by atoms with E-state index in [2.05, 4.69) is 29.6 Å². The predicted molar refractivity (Wildman–Crippen MR) is 105 cm³/mol. The van der Waals surface area contributed by atoms with Gasteiger partial charge in [0.2, 0.25) is 0 Å². The van der Waals surface area contributed by atoms with Gasteiger partial charge >= 0.3 is 0 Å². The largest absolute Gasteiger partial charge is 0.497 e. The molecule has 2 bridgehead atoms. The van der Waals surface area contributed by atoms with Crippen molar-refractivity contribution in [2.75, 3.05) is 14.2 Å². The molecule has 142 valence electrons. The number of nitrogens with one attached hydrogen (secondary N) is 1. The third-order valence-electron chi connectivity index (χ3n) is 6.12. The first kappa shape index (κ1) is 18.1. The summed E-state index contributed by atoms with van der Waals surface area (Å²) in [7, 11) is 3.35. The summed E-state index contributed by atoms with van der Waals surface area (Å²) in [6, 6.07) is 16.3. The minimum Gasteiger partial charge on any atom is -0.497 e. The highest BCUT2D eigenvalue weighted by atomic mass is 16.5. The molecule has 2 aromatic rings. The summed E-state index contributed by atoms with van der Waals surface area (Å²) in [5, 5.41) is 3.83. The van der Waals surface area contributed by atoms with Crippen molar-refractivity contribution in [2.45, 2.75) is 37.8 Å². The van der Waals surface area contributed by atoms with Gasteiger partial charge in [-0.15, -0.1) is 0 Å². The number of rotatable bonds is 4. The van der Waals surface area contributed by atoms with E-state index in [-0.39, 0.29) is 23.9 Å². The van der Waals surface area contributed by atoms with Crippen molar-refractivity contribution in [3.05, 3.63) is 59.7 Å². The van der Waals surface area contributed by atoms with Gasteiger partial charge in [0, 0.05) is 23.9 Å². The number of piperidine rings is 1. The average molecular weight is 365 g/mol. The first-order valence-corrected chi connectivity index (χ1v) is 9.79. The Morgan fingerprint density at radius 2 is 1.15 bits per heavy atom. The van der Waals surface area contributed by atoms with Crippen molar-refractivity contribution < 1.29 is 14.3 Å². The second kappa shape index (κ2) is 7.73. The molecule has 1 saturated carbocycles.